The summed E-state index contributed by atoms with van der Waals surface area (Å²) in [4.78, 5) is 17.8. The zero-order chi connectivity index (χ0) is 23.9. The number of alkyl halides is 3. The van der Waals surface area contributed by atoms with Crippen molar-refractivity contribution in [3.63, 3.8) is 0 Å². The Labute approximate surface area is 192 Å². The highest BCUT2D eigenvalue weighted by molar-refractivity contribution is 6.30. The van der Waals surface area contributed by atoms with Gasteiger partial charge in [0.2, 0.25) is 0 Å². The van der Waals surface area contributed by atoms with E-state index in [4.69, 9.17) is 21.2 Å². The molecule has 2 aromatic rings. The van der Waals surface area contributed by atoms with Crippen LogP contribution in [0.15, 0.2) is 35.5 Å². The maximum Gasteiger partial charge on any atom is 0.416 e. The van der Waals surface area contributed by atoms with Gasteiger partial charge in [0, 0.05) is 30.7 Å². The van der Waals surface area contributed by atoms with E-state index in [1.54, 1.807) is 32.2 Å². The van der Waals surface area contributed by atoms with Crippen LogP contribution in [-0.2, 0) is 15.8 Å². The van der Waals surface area contributed by atoms with E-state index in [1.165, 1.54) is 0 Å². The van der Waals surface area contributed by atoms with Crippen LogP contribution >= 0.6 is 11.6 Å². The number of nitrogens with one attached hydrogen (secondary N) is 1. The Balaban J connectivity index is 1.47. The van der Waals surface area contributed by atoms with Crippen LogP contribution in [0.5, 0.6) is 0 Å². The Morgan fingerprint density at radius 3 is 2.61 bits per heavy atom. The minimum absolute atomic E-state index is 0.0556. The molecule has 1 atom stereocenters. The molecule has 2 aliphatic rings. The van der Waals surface area contributed by atoms with Crippen molar-refractivity contribution in [1.29, 1.82) is 0 Å². The summed E-state index contributed by atoms with van der Waals surface area (Å²) in [6.07, 6.45) is -3.96. The number of hydrogen-bond acceptors (Lipinski definition) is 4. The van der Waals surface area contributed by atoms with Gasteiger partial charge in [0.15, 0.2) is 6.10 Å². The van der Waals surface area contributed by atoms with Gasteiger partial charge in [0.1, 0.15) is 5.82 Å². The van der Waals surface area contributed by atoms with E-state index < -0.39 is 28.7 Å². The monoisotopic (exact) mass is 484 g/mol. The SMILES string of the molecule is COC1CC(NC(=O)c2ccc(C3=NOC(c4cc(C(F)(F)F)cc(Cl)c4F)C3)cc2C)C1. The summed E-state index contributed by atoms with van der Waals surface area (Å²) in [5.41, 5.74) is 0.906. The van der Waals surface area contributed by atoms with Crippen LogP contribution in [-0.4, -0.2) is 30.9 Å². The summed E-state index contributed by atoms with van der Waals surface area (Å²) in [6, 6.07) is 6.39. The molecule has 1 saturated carbocycles. The van der Waals surface area contributed by atoms with Gasteiger partial charge < -0.3 is 14.9 Å². The van der Waals surface area contributed by atoms with Gasteiger partial charge in [-0.05, 0) is 55.2 Å². The molecule has 1 fully saturated rings. The summed E-state index contributed by atoms with van der Waals surface area (Å²) in [7, 11) is 1.64. The molecule has 33 heavy (non-hydrogen) atoms. The number of ether oxygens (including phenoxy) is 1. The number of oxime groups is 1. The fraction of sp³-hybridized carbons (Fsp3) is 0.391. The minimum Gasteiger partial charge on any atom is -0.387 e. The molecule has 1 unspecified atom stereocenters. The molecule has 1 N–H and O–H groups in total. The van der Waals surface area contributed by atoms with Crippen molar-refractivity contribution in [2.24, 2.45) is 5.16 Å². The summed E-state index contributed by atoms with van der Waals surface area (Å²) in [5, 5.41) is 6.27. The summed E-state index contributed by atoms with van der Waals surface area (Å²) in [6.45, 7) is 1.78. The van der Waals surface area contributed by atoms with Crippen LogP contribution < -0.4 is 5.32 Å². The topological polar surface area (TPSA) is 59.9 Å². The molecule has 1 aliphatic carbocycles. The Morgan fingerprint density at radius 2 is 1.97 bits per heavy atom. The number of hydrogen-bond donors (Lipinski definition) is 1. The van der Waals surface area contributed by atoms with E-state index in [0.29, 0.717) is 34.5 Å². The van der Waals surface area contributed by atoms with E-state index in [2.05, 4.69) is 10.5 Å². The lowest BCUT2D eigenvalue weighted by molar-refractivity contribution is -0.137. The third kappa shape index (κ3) is 4.84. The average Bonchev–Trinajstić information content (AvgIpc) is 3.21. The number of carbonyl (C=O) groups is 1. The Hall–Kier alpha value is -2.65. The van der Waals surface area contributed by atoms with Crippen LogP contribution in [0.25, 0.3) is 0 Å². The summed E-state index contributed by atoms with van der Waals surface area (Å²) >= 11 is 5.68. The van der Waals surface area contributed by atoms with Gasteiger partial charge in [-0.25, -0.2) is 4.39 Å². The van der Waals surface area contributed by atoms with E-state index in [-0.39, 0.29) is 30.0 Å². The second-order valence-corrected chi connectivity index (χ2v) is 8.63. The molecule has 2 aromatic carbocycles. The third-order valence-corrected chi connectivity index (χ3v) is 6.24. The molecule has 1 amide bonds. The second kappa shape index (κ2) is 8.95. The number of carbonyl (C=O) groups excluding carboxylic acids is 1. The Bertz CT molecular complexity index is 1110. The van der Waals surface area contributed by atoms with Gasteiger partial charge in [-0.3, -0.25) is 4.79 Å². The zero-order valence-corrected chi connectivity index (χ0v) is 18.6. The molecule has 1 aliphatic heterocycles. The van der Waals surface area contributed by atoms with Crippen molar-refractivity contribution in [2.45, 2.75) is 50.6 Å². The van der Waals surface area contributed by atoms with Crippen molar-refractivity contribution in [3.05, 3.63) is 69.0 Å². The first-order valence-corrected chi connectivity index (χ1v) is 10.7. The van der Waals surface area contributed by atoms with E-state index in [9.17, 15) is 22.4 Å². The highest BCUT2D eigenvalue weighted by Crippen LogP contribution is 2.39. The standard InChI is InChI=1S/C23H21ClF4N2O3/c1-11-5-12(3-4-16(11)22(31)29-14-8-15(9-14)32-2)19-10-20(33-30-19)17-6-13(23(26,27)28)7-18(24)21(17)25/h3-7,14-15,20H,8-10H2,1-2H3,(H,29,31). The number of benzene rings is 2. The second-order valence-electron chi connectivity index (χ2n) is 8.22. The van der Waals surface area contributed by atoms with Crippen molar-refractivity contribution >= 4 is 23.2 Å². The first-order valence-electron chi connectivity index (χ1n) is 10.3. The number of rotatable bonds is 5. The van der Waals surface area contributed by atoms with Crippen molar-refractivity contribution in [2.75, 3.05) is 7.11 Å². The number of amides is 1. The van der Waals surface area contributed by atoms with E-state index >= 15 is 0 Å². The van der Waals surface area contributed by atoms with Crippen LogP contribution in [0, 0.1) is 12.7 Å². The maximum atomic E-state index is 14.5. The predicted octanol–water partition coefficient (Wildman–Crippen LogP) is 5.58. The molecule has 176 valence electrons. The van der Waals surface area contributed by atoms with E-state index in [0.717, 1.165) is 12.8 Å². The van der Waals surface area contributed by atoms with Gasteiger partial charge >= 0.3 is 6.18 Å². The quantitative estimate of drug-likeness (QED) is 0.564. The molecular weight excluding hydrogens is 464 g/mol. The van der Waals surface area contributed by atoms with E-state index in [1.807, 2.05) is 0 Å². The van der Waals surface area contributed by atoms with Crippen LogP contribution in [0.1, 0.15) is 58.0 Å². The van der Waals surface area contributed by atoms with Crippen molar-refractivity contribution < 1.29 is 31.9 Å². The first-order chi connectivity index (χ1) is 15.6. The fourth-order valence-corrected chi connectivity index (χ4v) is 4.19. The van der Waals surface area contributed by atoms with Crippen LogP contribution in [0.2, 0.25) is 5.02 Å². The maximum absolute atomic E-state index is 14.5. The molecule has 0 bridgehead atoms. The highest BCUT2D eigenvalue weighted by Gasteiger charge is 2.35. The van der Waals surface area contributed by atoms with Gasteiger partial charge in [-0.2, -0.15) is 13.2 Å². The van der Waals surface area contributed by atoms with Crippen LogP contribution in [0.3, 0.4) is 0 Å². The number of aryl methyl sites for hydroxylation is 1. The number of halogens is 5. The van der Waals surface area contributed by atoms with Crippen molar-refractivity contribution in [1.82, 2.24) is 5.32 Å². The molecule has 4 rings (SSSR count). The zero-order valence-electron chi connectivity index (χ0n) is 17.8. The lowest BCUT2D eigenvalue weighted by Gasteiger charge is -2.34. The lowest BCUT2D eigenvalue weighted by Crippen LogP contribution is -2.47. The predicted molar refractivity (Wildman–Crippen MR) is 114 cm³/mol. The molecule has 10 heteroatoms. The Morgan fingerprint density at radius 1 is 1.24 bits per heavy atom. The molecular formula is C23H21ClF4N2O3. The molecule has 0 radical (unpaired) electrons. The largest absolute Gasteiger partial charge is 0.416 e. The number of nitrogens with zero attached hydrogens (tertiary/aromatic N) is 1. The lowest BCUT2D eigenvalue weighted by atomic mass is 9.89. The van der Waals surface area contributed by atoms with Gasteiger partial charge in [-0.15, -0.1) is 0 Å². The molecule has 1 heterocycles. The number of methoxy groups -OCH3 is 1. The average molecular weight is 485 g/mol. The molecule has 0 aromatic heterocycles. The first kappa shape index (κ1) is 23.5. The third-order valence-electron chi connectivity index (χ3n) is 5.97. The molecule has 5 nitrogen and oxygen atoms in total. The minimum atomic E-state index is -4.67. The highest BCUT2D eigenvalue weighted by atomic mass is 35.5. The van der Waals surface area contributed by atoms with Gasteiger partial charge in [0.05, 0.1) is 22.4 Å². The van der Waals surface area contributed by atoms with Crippen molar-refractivity contribution in [3.8, 4) is 0 Å². The fourth-order valence-electron chi connectivity index (χ4n) is 3.96. The normalized spacial score (nSPS) is 22.4. The van der Waals surface area contributed by atoms with Gasteiger partial charge in [-0.1, -0.05) is 22.8 Å². The molecule has 0 saturated heterocycles. The van der Waals surface area contributed by atoms with Crippen LogP contribution in [0.4, 0.5) is 17.6 Å². The molecule has 0 spiro atoms. The Kier molecular flexibility index (Phi) is 6.37. The summed E-state index contributed by atoms with van der Waals surface area (Å²) in [5.74, 6) is -1.16. The summed E-state index contributed by atoms with van der Waals surface area (Å²) < 4.78 is 59.0. The van der Waals surface area contributed by atoms with Gasteiger partial charge in [0.25, 0.3) is 5.91 Å². The smallest absolute Gasteiger partial charge is 0.387 e.